The average molecular weight is 674 g/mol. The quantitative estimate of drug-likeness (QED) is 0.150. The third-order valence-corrected chi connectivity index (χ3v) is 12.6. The molecule has 2 aliphatic carbocycles. The standard InChI is InChI=1S/C50H59N/c1-34(2)47-27-17-36(5)29-49(47)42-31-43(50-30-37(6)18-28-48(50)35(3)4)33-46(32-42)51(44-23-19-40(20-24-44)38-13-9-7-10-14-38)45-25-21-41(22-26-45)39-15-11-8-12-16-39/h7-16,19-26,31-37,47-50H,17-18,27-30H2,1-6H3. The Balaban J connectivity index is 1.39. The molecule has 0 radical (unpaired) electrons. The minimum Gasteiger partial charge on any atom is -0.310 e. The monoisotopic (exact) mass is 673 g/mol. The summed E-state index contributed by atoms with van der Waals surface area (Å²) in [5.41, 5.74) is 11.9. The molecular weight excluding hydrogens is 615 g/mol. The summed E-state index contributed by atoms with van der Waals surface area (Å²) in [4.78, 5) is 2.55. The van der Waals surface area contributed by atoms with Crippen molar-refractivity contribution in [2.24, 2.45) is 35.5 Å². The number of hydrogen-bond donors (Lipinski definition) is 0. The Morgan fingerprint density at radius 2 is 0.804 bits per heavy atom. The minimum atomic E-state index is 0.591. The lowest BCUT2D eigenvalue weighted by Gasteiger charge is -2.41. The molecule has 1 heteroatoms. The van der Waals surface area contributed by atoms with E-state index in [9.17, 15) is 0 Å². The van der Waals surface area contributed by atoms with Crippen molar-refractivity contribution < 1.29 is 0 Å². The normalized spacial score (nSPS) is 23.8. The third-order valence-electron chi connectivity index (χ3n) is 12.6. The summed E-state index contributed by atoms with van der Waals surface area (Å²) >= 11 is 0. The molecule has 264 valence electrons. The van der Waals surface area contributed by atoms with Crippen molar-refractivity contribution in [2.45, 2.75) is 91.9 Å². The fraction of sp³-hybridized carbons (Fsp3) is 0.400. The van der Waals surface area contributed by atoms with Crippen molar-refractivity contribution >= 4 is 17.1 Å². The van der Waals surface area contributed by atoms with Crippen LogP contribution in [-0.2, 0) is 0 Å². The smallest absolute Gasteiger partial charge is 0.0467 e. The third kappa shape index (κ3) is 7.89. The van der Waals surface area contributed by atoms with Crippen LogP contribution in [-0.4, -0.2) is 0 Å². The van der Waals surface area contributed by atoms with Gasteiger partial charge in [0.05, 0.1) is 0 Å². The van der Waals surface area contributed by atoms with E-state index in [1.54, 1.807) is 11.1 Å². The number of rotatable bonds is 9. The maximum Gasteiger partial charge on any atom is 0.0467 e. The van der Waals surface area contributed by atoms with Crippen molar-refractivity contribution in [1.29, 1.82) is 0 Å². The average Bonchev–Trinajstić information content (AvgIpc) is 3.16. The van der Waals surface area contributed by atoms with Gasteiger partial charge in [0.25, 0.3) is 0 Å². The van der Waals surface area contributed by atoms with Gasteiger partial charge in [-0.05, 0) is 143 Å². The molecule has 6 atom stereocenters. The van der Waals surface area contributed by atoms with Crippen molar-refractivity contribution in [3.05, 3.63) is 139 Å². The Bertz CT molecular complexity index is 1700. The lowest BCUT2D eigenvalue weighted by atomic mass is 9.65. The molecule has 7 rings (SSSR count). The van der Waals surface area contributed by atoms with E-state index in [4.69, 9.17) is 0 Å². The predicted molar refractivity (Wildman–Crippen MR) is 220 cm³/mol. The van der Waals surface area contributed by atoms with Gasteiger partial charge in [-0.25, -0.2) is 0 Å². The zero-order valence-corrected chi connectivity index (χ0v) is 31.9. The largest absolute Gasteiger partial charge is 0.310 e. The number of nitrogens with zero attached hydrogens (tertiary/aromatic N) is 1. The van der Waals surface area contributed by atoms with E-state index in [-0.39, 0.29) is 0 Å². The van der Waals surface area contributed by atoms with Gasteiger partial charge in [0.15, 0.2) is 0 Å². The molecule has 2 fully saturated rings. The van der Waals surface area contributed by atoms with Crippen LogP contribution in [0.5, 0.6) is 0 Å². The summed E-state index contributed by atoms with van der Waals surface area (Å²) in [7, 11) is 0. The minimum absolute atomic E-state index is 0.591. The molecule has 0 N–H and O–H groups in total. The molecule has 1 nitrogen and oxygen atoms in total. The van der Waals surface area contributed by atoms with E-state index in [0.717, 1.165) is 23.7 Å². The van der Waals surface area contributed by atoms with Gasteiger partial charge in [-0.3, -0.25) is 0 Å². The second kappa shape index (κ2) is 15.6. The van der Waals surface area contributed by atoms with Crippen molar-refractivity contribution in [1.82, 2.24) is 0 Å². The Morgan fingerprint density at radius 1 is 0.431 bits per heavy atom. The molecule has 2 saturated carbocycles. The first-order valence-corrected chi connectivity index (χ1v) is 20.0. The highest BCUT2D eigenvalue weighted by atomic mass is 15.1. The molecule has 0 amide bonds. The Morgan fingerprint density at radius 3 is 1.18 bits per heavy atom. The number of benzene rings is 5. The summed E-state index contributed by atoms with van der Waals surface area (Å²) in [5.74, 6) is 5.52. The summed E-state index contributed by atoms with van der Waals surface area (Å²) in [6.07, 6.45) is 7.97. The van der Waals surface area contributed by atoms with E-state index in [2.05, 4.69) is 174 Å². The molecule has 0 heterocycles. The van der Waals surface area contributed by atoms with Crippen LogP contribution in [0.4, 0.5) is 17.1 Å². The highest BCUT2D eigenvalue weighted by Crippen LogP contribution is 2.50. The van der Waals surface area contributed by atoms with Crippen LogP contribution in [0.3, 0.4) is 0 Å². The van der Waals surface area contributed by atoms with Crippen LogP contribution >= 0.6 is 0 Å². The Kier molecular flexibility index (Phi) is 10.8. The van der Waals surface area contributed by atoms with E-state index in [1.165, 1.54) is 77.8 Å². The topological polar surface area (TPSA) is 3.24 Å². The van der Waals surface area contributed by atoms with Gasteiger partial charge >= 0.3 is 0 Å². The van der Waals surface area contributed by atoms with Crippen LogP contribution in [0.25, 0.3) is 22.3 Å². The van der Waals surface area contributed by atoms with Gasteiger partial charge in [0.2, 0.25) is 0 Å². The van der Waals surface area contributed by atoms with E-state index in [0.29, 0.717) is 23.7 Å². The molecular formula is C50H59N. The first kappa shape index (κ1) is 35.3. The molecule has 6 unspecified atom stereocenters. The van der Waals surface area contributed by atoms with Gasteiger partial charge in [-0.15, -0.1) is 0 Å². The van der Waals surface area contributed by atoms with Crippen molar-refractivity contribution in [3.63, 3.8) is 0 Å². The molecule has 0 saturated heterocycles. The first-order chi connectivity index (χ1) is 24.7. The van der Waals surface area contributed by atoms with Gasteiger partial charge < -0.3 is 4.90 Å². The highest BCUT2D eigenvalue weighted by molar-refractivity contribution is 5.80. The second-order valence-corrected chi connectivity index (χ2v) is 16.9. The molecule has 0 aliphatic heterocycles. The van der Waals surface area contributed by atoms with E-state index in [1.807, 2.05) is 0 Å². The van der Waals surface area contributed by atoms with Crippen LogP contribution in [0, 0.1) is 35.5 Å². The van der Waals surface area contributed by atoms with E-state index >= 15 is 0 Å². The summed E-state index contributed by atoms with van der Waals surface area (Å²) in [6, 6.07) is 47.9. The second-order valence-electron chi connectivity index (χ2n) is 16.9. The van der Waals surface area contributed by atoms with E-state index < -0.39 is 0 Å². The molecule has 2 aliphatic rings. The Hall–Kier alpha value is -4.10. The van der Waals surface area contributed by atoms with Gasteiger partial charge in [0.1, 0.15) is 0 Å². The van der Waals surface area contributed by atoms with Crippen LogP contribution in [0.1, 0.15) is 103 Å². The van der Waals surface area contributed by atoms with Crippen molar-refractivity contribution in [2.75, 3.05) is 4.90 Å². The van der Waals surface area contributed by atoms with Crippen molar-refractivity contribution in [3.8, 4) is 22.3 Å². The number of anilines is 3. The maximum atomic E-state index is 2.69. The molecule has 5 aromatic rings. The summed E-state index contributed by atoms with van der Waals surface area (Å²) < 4.78 is 0. The number of hydrogen-bond acceptors (Lipinski definition) is 1. The summed E-state index contributed by atoms with van der Waals surface area (Å²) in [6.45, 7) is 14.8. The SMILES string of the molecule is CC1CCC(C(C)C)C(c2cc(C3CC(C)CCC3C(C)C)cc(N(c3ccc(-c4ccccc4)cc3)c3ccc(-c4ccccc4)cc3)c2)C1. The maximum absolute atomic E-state index is 2.69. The van der Waals surface area contributed by atoms with Gasteiger partial charge in [-0.2, -0.15) is 0 Å². The fourth-order valence-corrected chi connectivity index (χ4v) is 9.70. The van der Waals surface area contributed by atoms with Crippen LogP contribution in [0.2, 0.25) is 0 Å². The first-order valence-electron chi connectivity index (χ1n) is 20.0. The fourth-order valence-electron chi connectivity index (χ4n) is 9.70. The predicted octanol–water partition coefficient (Wildman–Crippen LogP) is 14.8. The highest BCUT2D eigenvalue weighted by Gasteiger charge is 2.35. The van der Waals surface area contributed by atoms with Crippen LogP contribution in [0.15, 0.2) is 127 Å². The molecule has 0 bridgehead atoms. The lowest BCUT2D eigenvalue weighted by Crippen LogP contribution is -2.28. The summed E-state index contributed by atoms with van der Waals surface area (Å²) in [5, 5.41) is 0. The van der Waals surface area contributed by atoms with Gasteiger partial charge in [-0.1, -0.05) is 145 Å². The lowest BCUT2D eigenvalue weighted by molar-refractivity contribution is 0.193. The zero-order valence-electron chi connectivity index (χ0n) is 31.9. The molecule has 0 aromatic heterocycles. The van der Waals surface area contributed by atoms with Crippen LogP contribution < -0.4 is 4.90 Å². The molecule has 0 spiro atoms. The van der Waals surface area contributed by atoms with Gasteiger partial charge in [0, 0.05) is 17.1 Å². The zero-order chi connectivity index (χ0) is 35.5. The molecule has 51 heavy (non-hydrogen) atoms. The Labute approximate surface area is 309 Å². The molecule has 5 aromatic carbocycles.